The van der Waals surface area contributed by atoms with Crippen LogP contribution in [0.25, 0.3) is 0 Å². The molecule has 0 aliphatic carbocycles. The minimum absolute atomic E-state index is 0.00572. The van der Waals surface area contributed by atoms with E-state index in [4.69, 9.17) is 0 Å². The van der Waals surface area contributed by atoms with E-state index in [-0.39, 0.29) is 11.8 Å². The summed E-state index contributed by atoms with van der Waals surface area (Å²) in [5, 5.41) is 2.76. The number of hydrogen-bond donors (Lipinski definition) is 1. The van der Waals surface area contributed by atoms with Crippen molar-refractivity contribution in [2.75, 3.05) is 13.1 Å². The first-order valence-electron chi connectivity index (χ1n) is 6.30. The highest BCUT2D eigenvalue weighted by Gasteiger charge is 2.50. The maximum atomic E-state index is 12.3. The quantitative estimate of drug-likeness (QED) is 0.814. The van der Waals surface area contributed by atoms with E-state index in [0.717, 1.165) is 5.70 Å². The van der Waals surface area contributed by atoms with E-state index in [2.05, 4.69) is 16.9 Å². The van der Waals surface area contributed by atoms with Crippen molar-refractivity contribution < 1.29 is 9.59 Å². The molecule has 1 spiro atoms. The second-order valence-corrected chi connectivity index (χ2v) is 5.21. The van der Waals surface area contributed by atoms with Crippen molar-refractivity contribution in [2.45, 2.75) is 12.8 Å². The molecular weight excluding hydrogens is 242 g/mol. The lowest BCUT2D eigenvalue weighted by molar-refractivity contribution is -0.126. The number of carbonyl (C=O) groups is 2. The number of rotatable bonds is 1. The fourth-order valence-electron chi connectivity index (χ4n) is 2.85. The number of nitrogens with one attached hydrogen (secondary N) is 1. The molecule has 0 radical (unpaired) electrons. The second kappa shape index (κ2) is 4.19. The van der Waals surface area contributed by atoms with Crippen LogP contribution in [0.4, 0.5) is 0 Å². The zero-order valence-electron chi connectivity index (χ0n) is 10.6. The van der Waals surface area contributed by atoms with Gasteiger partial charge in [0.2, 0.25) is 5.91 Å². The molecule has 3 heterocycles. The zero-order valence-corrected chi connectivity index (χ0v) is 10.6. The summed E-state index contributed by atoms with van der Waals surface area (Å²) in [6.45, 7) is 4.85. The monoisotopic (exact) mass is 257 g/mol. The SMILES string of the molecule is C=C1CC2(CCN(C(=O)c3ccccn3)C2)C(=O)N1. The zero-order chi connectivity index (χ0) is 13.5. The molecule has 5 nitrogen and oxygen atoms in total. The van der Waals surface area contributed by atoms with Crippen molar-refractivity contribution in [2.24, 2.45) is 5.41 Å². The predicted octanol–water partition coefficient (Wildman–Crippen LogP) is 0.948. The number of aromatic nitrogens is 1. The number of allylic oxidation sites excluding steroid dienone is 1. The molecule has 0 bridgehead atoms. The minimum atomic E-state index is -0.471. The van der Waals surface area contributed by atoms with Gasteiger partial charge in [0.25, 0.3) is 5.91 Å². The van der Waals surface area contributed by atoms with Gasteiger partial charge in [-0.1, -0.05) is 12.6 Å². The van der Waals surface area contributed by atoms with Gasteiger partial charge in [-0.15, -0.1) is 0 Å². The van der Waals surface area contributed by atoms with E-state index >= 15 is 0 Å². The first kappa shape index (κ1) is 11.9. The lowest BCUT2D eigenvalue weighted by Gasteiger charge is -2.20. The summed E-state index contributed by atoms with van der Waals surface area (Å²) in [6.07, 6.45) is 2.91. The van der Waals surface area contributed by atoms with Gasteiger partial charge in [-0.3, -0.25) is 14.6 Å². The number of amides is 2. The number of hydrogen-bond acceptors (Lipinski definition) is 3. The first-order valence-corrected chi connectivity index (χ1v) is 6.30. The Labute approximate surface area is 111 Å². The molecule has 0 aromatic carbocycles. The molecule has 5 heteroatoms. The van der Waals surface area contributed by atoms with Crippen molar-refractivity contribution >= 4 is 11.8 Å². The molecule has 3 rings (SSSR count). The van der Waals surface area contributed by atoms with Gasteiger partial charge in [0.15, 0.2) is 0 Å². The summed E-state index contributed by atoms with van der Waals surface area (Å²) in [4.78, 5) is 30.0. The van der Waals surface area contributed by atoms with Crippen LogP contribution in [0.3, 0.4) is 0 Å². The molecule has 2 aliphatic heterocycles. The minimum Gasteiger partial charge on any atom is -0.336 e. The van der Waals surface area contributed by atoms with Gasteiger partial charge in [0, 0.05) is 31.4 Å². The second-order valence-electron chi connectivity index (χ2n) is 5.21. The molecule has 1 aromatic rings. The van der Waals surface area contributed by atoms with Gasteiger partial charge in [0.1, 0.15) is 5.69 Å². The molecule has 0 saturated carbocycles. The molecule has 2 saturated heterocycles. The van der Waals surface area contributed by atoms with E-state index < -0.39 is 5.41 Å². The van der Waals surface area contributed by atoms with Crippen LogP contribution in [0.15, 0.2) is 36.7 Å². The van der Waals surface area contributed by atoms with E-state index in [9.17, 15) is 9.59 Å². The third-order valence-electron chi connectivity index (χ3n) is 3.85. The van der Waals surface area contributed by atoms with Gasteiger partial charge in [-0.2, -0.15) is 0 Å². The molecule has 19 heavy (non-hydrogen) atoms. The lowest BCUT2D eigenvalue weighted by Crippen LogP contribution is -2.36. The Morgan fingerprint density at radius 1 is 1.47 bits per heavy atom. The third kappa shape index (κ3) is 1.91. The van der Waals surface area contributed by atoms with Gasteiger partial charge >= 0.3 is 0 Å². The van der Waals surface area contributed by atoms with Crippen LogP contribution < -0.4 is 5.32 Å². The van der Waals surface area contributed by atoms with Crippen LogP contribution in [0, 0.1) is 5.41 Å². The topological polar surface area (TPSA) is 62.3 Å². The van der Waals surface area contributed by atoms with Crippen LogP contribution in [-0.4, -0.2) is 34.8 Å². The Kier molecular flexibility index (Phi) is 2.62. The standard InChI is InChI=1S/C14H15N3O2/c1-10-8-14(13(19)16-10)5-7-17(9-14)12(18)11-4-2-3-6-15-11/h2-4,6H,1,5,7-9H2,(H,16,19). The van der Waals surface area contributed by atoms with Crippen LogP contribution in [0.5, 0.6) is 0 Å². The highest BCUT2D eigenvalue weighted by atomic mass is 16.2. The van der Waals surface area contributed by atoms with Crippen LogP contribution >= 0.6 is 0 Å². The Balaban J connectivity index is 1.78. The largest absolute Gasteiger partial charge is 0.336 e. The smallest absolute Gasteiger partial charge is 0.272 e. The summed E-state index contributed by atoms with van der Waals surface area (Å²) in [7, 11) is 0. The average molecular weight is 257 g/mol. The third-order valence-corrected chi connectivity index (χ3v) is 3.85. The predicted molar refractivity (Wildman–Crippen MR) is 69.1 cm³/mol. The summed E-state index contributed by atoms with van der Waals surface area (Å²) >= 11 is 0. The summed E-state index contributed by atoms with van der Waals surface area (Å²) in [5.41, 5.74) is 0.704. The molecule has 1 N–H and O–H groups in total. The van der Waals surface area contributed by atoms with Gasteiger partial charge in [-0.25, -0.2) is 0 Å². The number of pyridine rings is 1. The van der Waals surface area contributed by atoms with E-state index in [0.29, 0.717) is 31.6 Å². The van der Waals surface area contributed by atoms with Gasteiger partial charge in [0.05, 0.1) is 5.41 Å². The van der Waals surface area contributed by atoms with Crippen LogP contribution in [0.2, 0.25) is 0 Å². The maximum Gasteiger partial charge on any atom is 0.272 e. The van der Waals surface area contributed by atoms with Crippen molar-refractivity contribution in [1.82, 2.24) is 15.2 Å². The van der Waals surface area contributed by atoms with Crippen molar-refractivity contribution in [3.63, 3.8) is 0 Å². The Hall–Kier alpha value is -2.17. The summed E-state index contributed by atoms with van der Waals surface area (Å²) in [6, 6.07) is 5.26. The summed E-state index contributed by atoms with van der Waals surface area (Å²) in [5.74, 6) is -0.114. The van der Waals surface area contributed by atoms with Crippen molar-refractivity contribution in [3.8, 4) is 0 Å². The van der Waals surface area contributed by atoms with Gasteiger partial charge < -0.3 is 10.2 Å². The van der Waals surface area contributed by atoms with Crippen LogP contribution in [0.1, 0.15) is 23.3 Å². The lowest BCUT2D eigenvalue weighted by atomic mass is 9.85. The fraction of sp³-hybridized carbons (Fsp3) is 0.357. The molecular formula is C14H15N3O2. The number of carbonyl (C=O) groups excluding carboxylic acids is 2. The van der Waals surface area contributed by atoms with E-state index in [1.165, 1.54) is 0 Å². The Morgan fingerprint density at radius 2 is 2.32 bits per heavy atom. The normalized spacial score (nSPS) is 26.0. The molecule has 1 atom stereocenters. The fourth-order valence-corrected chi connectivity index (χ4v) is 2.85. The molecule has 98 valence electrons. The van der Waals surface area contributed by atoms with E-state index in [1.807, 2.05) is 0 Å². The molecule has 2 fully saturated rings. The number of likely N-dealkylation sites (tertiary alicyclic amines) is 1. The first-order chi connectivity index (χ1) is 9.11. The number of nitrogens with zero attached hydrogens (tertiary/aromatic N) is 2. The summed E-state index contributed by atoms with van der Waals surface area (Å²) < 4.78 is 0. The molecule has 1 aromatic heterocycles. The van der Waals surface area contributed by atoms with Crippen molar-refractivity contribution in [1.29, 1.82) is 0 Å². The molecule has 2 amide bonds. The van der Waals surface area contributed by atoms with Crippen LogP contribution in [-0.2, 0) is 4.79 Å². The highest BCUT2D eigenvalue weighted by Crippen LogP contribution is 2.40. The van der Waals surface area contributed by atoms with E-state index in [1.54, 1.807) is 29.3 Å². The van der Waals surface area contributed by atoms with Crippen molar-refractivity contribution in [3.05, 3.63) is 42.4 Å². The Morgan fingerprint density at radius 3 is 2.95 bits per heavy atom. The molecule has 1 unspecified atom stereocenters. The highest BCUT2D eigenvalue weighted by molar-refractivity contribution is 5.94. The maximum absolute atomic E-state index is 12.3. The average Bonchev–Trinajstić information content (AvgIpc) is 2.95. The van der Waals surface area contributed by atoms with Gasteiger partial charge in [-0.05, 0) is 18.6 Å². The molecule has 2 aliphatic rings. The Bertz CT molecular complexity index is 555.